The van der Waals surface area contributed by atoms with Crippen molar-refractivity contribution in [3.8, 4) is 17.1 Å². The molecule has 0 saturated carbocycles. The first kappa shape index (κ1) is 22.9. The zero-order valence-corrected chi connectivity index (χ0v) is 18.7. The van der Waals surface area contributed by atoms with Crippen LogP contribution >= 0.6 is 0 Å². The minimum atomic E-state index is -0.349. The molecule has 1 amide bonds. The standard InChI is InChI=1S/C27H26N4O3/c32-25(28-17-16-20-8-3-1-4-9-20)15-14-24-27(33)29-26(31-30-24)22-12-7-13-23(18-22)34-19-21-10-5-2-6-11-21/h1-13,18H,14-17,19H2,(H,28,32)(H,29,31,33). The summed E-state index contributed by atoms with van der Waals surface area (Å²) in [5.41, 5.74) is 2.81. The average molecular weight is 455 g/mol. The van der Waals surface area contributed by atoms with Gasteiger partial charge in [0.05, 0.1) is 0 Å². The molecule has 7 heteroatoms. The summed E-state index contributed by atoms with van der Waals surface area (Å²) in [6.07, 6.45) is 1.16. The summed E-state index contributed by atoms with van der Waals surface area (Å²) in [5, 5.41) is 11.1. The van der Waals surface area contributed by atoms with E-state index in [0.717, 1.165) is 17.5 Å². The van der Waals surface area contributed by atoms with E-state index in [0.29, 0.717) is 30.3 Å². The lowest BCUT2D eigenvalue weighted by atomic mass is 10.1. The van der Waals surface area contributed by atoms with E-state index >= 15 is 0 Å². The van der Waals surface area contributed by atoms with Crippen molar-refractivity contribution in [2.45, 2.75) is 25.9 Å². The molecule has 0 radical (unpaired) electrons. The molecule has 0 atom stereocenters. The van der Waals surface area contributed by atoms with Crippen molar-refractivity contribution >= 4 is 5.91 Å². The van der Waals surface area contributed by atoms with Crippen LogP contribution in [0.4, 0.5) is 0 Å². The summed E-state index contributed by atoms with van der Waals surface area (Å²) < 4.78 is 5.85. The van der Waals surface area contributed by atoms with Gasteiger partial charge in [0.1, 0.15) is 18.1 Å². The van der Waals surface area contributed by atoms with E-state index in [1.165, 1.54) is 0 Å². The van der Waals surface area contributed by atoms with Crippen molar-refractivity contribution in [1.29, 1.82) is 0 Å². The smallest absolute Gasteiger partial charge is 0.273 e. The fraction of sp³-hybridized carbons (Fsp3) is 0.185. The lowest BCUT2D eigenvalue weighted by molar-refractivity contribution is -0.121. The number of H-pyrrole nitrogens is 1. The fourth-order valence-electron chi connectivity index (χ4n) is 3.44. The van der Waals surface area contributed by atoms with Gasteiger partial charge < -0.3 is 15.0 Å². The Balaban J connectivity index is 1.30. The summed E-state index contributed by atoms with van der Waals surface area (Å²) in [4.78, 5) is 27.4. The van der Waals surface area contributed by atoms with Gasteiger partial charge in [-0.3, -0.25) is 9.59 Å². The number of aromatic amines is 1. The van der Waals surface area contributed by atoms with Crippen molar-refractivity contribution in [2.24, 2.45) is 0 Å². The van der Waals surface area contributed by atoms with Gasteiger partial charge in [-0.15, -0.1) is 10.2 Å². The Hall–Kier alpha value is -4.26. The molecule has 1 aromatic heterocycles. The van der Waals surface area contributed by atoms with Gasteiger partial charge in [0.25, 0.3) is 5.56 Å². The number of ether oxygens (including phenoxy) is 1. The van der Waals surface area contributed by atoms with Gasteiger partial charge in [0, 0.05) is 24.9 Å². The minimum absolute atomic E-state index is 0.121. The topological polar surface area (TPSA) is 97.0 Å². The summed E-state index contributed by atoms with van der Waals surface area (Å²) in [6, 6.07) is 27.1. The van der Waals surface area contributed by atoms with Crippen molar-refractivity contribution in [1.82, 2.24) is 20.5 Å². The lowest BCUT2D eigenvalue weighted by Gasteiger charge is -2.08. The summed E-state index contributed by atoms with van der Waals surface area (Å²) in [6.45, 7) is 0.991. The zero-order chi connectivity index (χ0) is 23.6. The molecule has 0 bridgehead atoms. The van der Waals surface area contributed by atoms with Crippen LogP contribution in [0, 0.1) is 0 Å². The van der Waals surface area contributed by atoms with E-state index in [-0.39, 0.29) is 30.0 Å². The van der Waals surface area contributed by atoms with Gasteiger partial charge in [-0.05, 0) is 29.7 Å². The van der Waals surface area contributed by atoms with Crippen LogP contribution in [0.3, 0.4) is 0 Å². The maximum Gasteiger partial charge on any atom is 0.273 e. The summed E-state index contributed by atoms with van der Waals surface area (Å²) in [7, 11) is 0. The Morgan fingerprint density at radius 1 is 0.853 bits per heavy atom. The van der Waals surface area contributed by atoms with E-state index in [4.69, 9.17) is 4.74 Å². The third-order valence-electron chi connectivity index (χ3n) is 5.29. The number of aromatic nitrogens is 3. The lowest BCUT2D eigenvalue weighted by Crippen LogP contribution is -2.27. The van der Waals surface area contributed by atoms with Crippen molar-refractivity contribution in [2.75, 3.05) is 6.54 Å². The molecule has 1 heterocycles. The van der Waals surface area contributed by atoms with Gasteiger partial charge in [0.15, 0.2) is 5.82 Å². The Kier molecular flexibility index (Phi) is 7.79. The van der Waals surface area contributed by atoms with Gasteiger partial charge in [0.2, 0.25) is 5.91 Å². The van der Waals surface area contributed by atoms with Crippen LogP contribution in [0.25, 0.3) is 11.4 Å². The number of carbonyl (C=O) groups is 1. The maximum absolute atomic E-state index is 12.5. The Bertz CT molecular complexity index is 1270. The van der Waals surface area contributed by atoms with Gasteiger partial charge in [-0.2, -0.15) is 0 Å². The normalized spacial score (nSPS) is 10.6. The number of carbonyl (C=O) groups excluding carboxylic acids is 1. The van der Waals surface area contributed by atoms with Crippen molar-refractivity contribution in [3.05, 3.63) is 112 Å². The first-order valence-corrected chi connectivity index (χ1v) is 11.2. The minimum Gasteiger partial charge on any atom is -0.489 e. The highest BCUT2D eigenvalue weighted by atomic mass is 16.5. The Labute approximate surface area is 197 Å². The van der Waals surface area contributed by atoms with Crippen LogP contribution < -0.4 is 15.6 Å². The predicted molar refractivity (Wildman–Crippen MR) is 130 cm³/mol. The quantitative estimate of drug-likeness (QED) is 0.381. The number of amides is 1. The molecular weight excluding hydrogens is 428 g/mol. The van der Waals surface area contributed by atoms with E-state index in [1.54, 1.807) is 0 Å². The predicted octanol–water partition coefficient (Wildman–Crippen LogP) is 3.70. The molecular formula is C27H26N4O3. The Morgan fingerprint density at radius 2 is 1.59 bits per heavy atom. The fourth-order valence-corrected chi connectivity index (χ4v) is 3.44. The first-order valence-electron chi connectivity index (χ1n) is 11.2. The molecule has 4 rings (SSSR count). The first-order chi connectivity index (χ1) is 16.7. The van der Waals surface area contributed by atoms with Crippen LogP contribution in [0.5, 0.6) is 5.75 Å². The van der Waals surface area contributed by atoms with E-state index in [1.807, 2.05) is 84.9 Å². The van der Waals surface area contributed by atoms with Crippen molar-refractivity contribution < 1.29 is 9.53 Å². The highest BCUT2D eigenvalue weighted by Crippen LogP contribution is 2.21. The molecule has 7 nitrogen and oxygen atoms in total. The molecule has 2 N–H and O–H groups in total. The summed E-state index contributed by atoms with van der Waals surface area (Å²) in [5.74, 6) is 0.899. The van der Waals surface area contributed by atoms with Gasteiger partial charge >= 0.3 is 0 Å². The van der Waals surface area contributed by atoms with Crippen LogP contribution in [-0.2, 0) is 24.2 Å². The maximum atomic E-state index is 12.5. The van der Waals surface area contributed by atoms with E-state index < -0.39 is 0 Å². The number of aryl methyl sites for hydroxylation is 1. The second-order valence-electron chi connectivity index (χ2n) is 7.84. The molecule has 3 aromatic carbocycles. The SMILES string of the molecule is O=C(CCc1nnc(-c2cccc(OCc3ccccc3)c2)[nH]c1=O)NCCc1ccccc1. The molecule has 0 aliphatic heterocycles. The van der Waals surface area contributed by atoms with E-state index in [2.05, 4.69) is 20.5 Å². The van der Waals surface area contributed by atoms with Crippen LogP contribution in [-0.4, -0.2) is 27.6 Å². The summed E-state index contributed by atoms with van der Waals surface area (Å²) >= 11 is 0. The molecule has 0 spiro atoms. The number of nitrogens with one attached hydrogen (secondary N) is 2. The molecule has 0 unspecified atom stereocenters. The molecule has 172 valence electrons. The number of rotatable bonds is 10. The molecule has 0 fully saturated rings. The second-order valence-corrected chi connectivity index (χ2v) is 7.84. The largest absolute Gasteiger partial charge is 0.489 e. The number of hydrogen-bond acceptors (Lipinski definition) is 5. The third kappa shape index (κ3) is 6.62. The second kappa shape index (κ2) is 11.6. The van der Waals surface area contributed by atoms with Gasteiger partial charge in [-0.25, -0.2) is 0 Å². The number of nitrogens with zero attached hydrogens (tertiary/aromatic N) is 2. The third-order valence-corrected chi connectivity index (χ3v) is 5.29. The molecule has 34 heavy (non-hydrogen) atoms. The van der Waals surface area contributed by atoms with Crippen molar-refractivity contribution in [3.63, 3.8) is 0 Å². The Morgan fingerprint density at radius 3 is 2.32 bits per heavy atom. The number of hydrogen-bond donors (Lipinski definition) is 2. The monoisotopic (exact) mass is 454 g/mol. The molecule has 4 aromatic rings. The highest BCUT2D eigenvalue weighted by molar-refractivity contribution is 5.76. The number of benzene rings is 3. The molecule has 0 aliphatic carbocycles. The van der Waals surface area contributed by atoms with Crippen LogP contribution in [0.15, 0.2) is 89.7 Å². The molecule has 0 saturated heterocycles. The van der Waals surface area contributed by atoms with Gasteiger partial charge in [-0.1, -0.05) is 72.8 Å². The average Bonchev–Trinajstić information content (AvgIpc) is 2.88. The highest BCUT2D eigenvalue weighted by Gasteiger charge is 2.10. The van der Waals surface area contributed by atoms with Crippen LogP contribution in [0.2, 0.25) is 0 Å². The van der Waals surface area contributed by atoms with Crippen LogP contribution in [0.1, 0.15) is 23.2 Å². The molecule has 0 aliphatic rings. The zero-order valence-electron chi connectivity index (χ0n) is 18.7. The van der Waals surface area contributed by atoms with E-state index in [9.17, 15) is 9.59 Å².